The highest BCUT2D eigenvalue weighted by atomic mass is 79.9. The monoisotopic (exact) mass is 589 g/mol. The molecule has 2 aliphatic rings. The molecule has 7 nitrogen and oxygen atoms in total. The number of hydrogen-bond donors (Lipinski definition) is 0. The topological polar surface area (TPSA) is 77.0 Å². The standard InChI is InChI=1S/C26H28BrN3O4S2/c1-3-9-18-21(25(32)33-4-2)22(19-10-8-13-35-19)30-23(31)20(36-26(30)28-18)15-16-14-17(27)24(34-16)29-11-6-5-7-12-29/h8,10,13-15,22H,3-7,9,11-12H2,1-2H3/b20-15+/t22-/m1/s1. The maximum atomic E-state index is 13.8. The Kier molecular flexibility index (Phi) is 7.64. The van der Waals surface area contributed by atoms with Crippen LogP contribution >= 0.6 is 38.6 Å². The predicted molar refractivity (Wildman–Crippen MR) is 146 cm³/mol. The summed E-state index contributed by atoms with van der Waals surface area (Å²) in [4.78, 5) is 35.4. The summed E-state index contributed by atoms with van der Waals surface area (Å²) in [6, 6.07) is 5.23. The number of piperidine rings is 1. The van der Waals surface area contributed by atoms with E-state index >= 15 is 0 Å². The van der Waals surface area contributed by atoms with E-state index in [-0.39, 0.29) is 12.2 Å². The van der Waals surface area contributed by atoms with Gasteiger partial charge >= 0.3 is 5.97 Å². The SMILES string of the molecule is CCCC1=C(C(=O)OCC)[C@@H](c2cccs2)n2c(s/c(=C/c3cc(Br)c(N4CCCCC4)o3)c2=O)=N1. The van der Waals surface area contributed by atoms with Crippen molar-refractivity contribution in [3.8, 4) is 0 Å². The number of ether oxygens (including phenoxy) is 1. The van der Waals surface area contributed by atoms with Gasteiger partial charge in [-0.25, -0.2) is 9.79 Å². The van der Waals surface area contributed by atoms with E-state index < -0.39 is 12.0 Å². The molecule has 1 saturated heterocycles. The van der Waals surface area contributed by atoms with Crippen molar-refractivity contribution < 1.29 is 13.9 Å². The Bertz CT molecular complexity index is 1460. The van der Waals surface area contributed by atoms with Gasteiger partial charge in [0.25, 0.3) is 5.56 Å². The summed E-state index contributed by atoms with van der Waals surface area (Å²) in [5, 5.41) is 1.95. The van der Waals surface area contributed by atoms with Crippen LogP contribution in [0.2, 0.25) is 0 Å². The number of aromatic nitrogens is 1. The van der Waals surface area contributed by atoms with Gasteiger partial charge in [-0.1, -0.05) is 30.7 Å². The van der Waals surface area contributed by atoms with Crippen LogP contribution in [0.5, 0.6) is 0 Å². The fourth-order valence-corrected chi connectivity index (χ4v) is 7.11. The highest BCUT2D eigenvalue weighted by Crippen LogP contribution is 2.35. The van der Waals surface area contributed by atoms with Crippen molar-refractivity contribution in [3.63, 3.8) is 0 Å². The molecule has 1 fully saturated rings. The van der Waals surface area contributed by atoms with Crippen molar-refractivity contribution in [2.24, 2.45) is 4.99 Å². The average Bonchev–Trinajstić information content (AvgIpc) is 3.60. The number of rotatable bonds is 7. The number of allylic oxidation sites excluding steroid dienone is 1. The van der Waals surface area contributed by atoms with Crippen molar-refractivity contribution in [2.45, 2.75) is 52.0 Å². The van der Waals surface area contributed by atoms with Gasteiger partial charge in [0.15, 0.2) is 4.80 Å². The van der Waals surface area contributed by atoms with Gasteiger partial charge in [0.05, 0.1) is 26.9 Å². The van der Waals surface area contributed by atoms with Crippen LogP contribution in [-0.4, -0.2) is 30.2 Å². The van der Waals surface area contributed by atoms with E-state index in [0.717, 1.165) is 47.6 Å². The Balaban J connectivity index is 1.63. The molecule has 0 aromatic carbocycles. The number of halogens is 1. The molecule has 190 valence electrons. The van der Waals surface area contributed by atoms with Crippen LogP contribution in [0.25, 0.3) is 6.08 Å². The molecule has 3 aromatic heterocycles. The minimum atomic E-state index is -0.559. The molecule has 2 aliphatic heterocycles. The zero-order chi connectivity index (χ0) is 25.2. The molecule has 0 saturated carbocycles. The number of thiazole rings is 1. The number of nitrogens with zero attached hydrogens (tertiary/aromatic N) is 3. The number of carbonyl (C=O) groups excluding carboxylic acids is 1. The first kappa shape index (κ1) is 25.2. The van der Waals surface area contributed by atoms with E-state index in [1.165, 1.54) is 29.1 Å². The summed E-state index contributed by atoms with van der Waals surface area (Å²) >= 11 is 6.47. The van der Waals surface area contributed by atoms with Crippen LogP contribution in [0.3, 0.4) is 0 Å². The van der Waals surface area contributed by atoms with Gasteiger partial charge < -0.3 is 14.1 Å². The lowest BCUT2D eigenvalue weighted by atomic mass is 9.99. The summed E-state index contributed by atoms with van der Waals surface area (Å²) in [6.07, 6.45) is 6.77. The third kappa shape index (κ3) is 4.78. The summed E-state index contributed by atoms with van der Waals surface area (Å²) < 4.78 is 14.6. The van der Waals surface area contributed by atoms with Gasteiger partial charge in [-0.05, 0) is 60.0 Å². The second-order valence-electron chi connectivity index (χ2n) is 8.78. The van der Waals surface area contributed by atoms with Crippen molar-refractivity contribution in [1.29, 1.82) is 0 Å². The van der Waals surface area contributed by atoms with Crippen molar-refractivity contribution >= 4 is 56.5 Å². The molecular weight excluding hydrogens is 562 g/mol. The van der Waals surface area contributed by atoms with Gasteiger partial charge in [0.1, 0.15) is 11.8 Å². The van der Waals surface area contributed by atoms with Gasteiger partial charge in [0.2, 0.25) is 5.88 Å². The molecule has 5 heterocycles. The smallest absolute Gasteiger partial charge is 0.338 e. The highest BCUT2D eigenvalue weighted by Gasteiger charge is 2.35. The fraction of sp³-hybridized carbons (Fsp3) is 0.423. The fourth-order valence-electron chi connectivity index (χ4n) is 4.73. The predicted octanol–water partition coefficient (Wildman–Crippen LogP) is 4.99. The number of carbonyl (C=O) groups is 1. The van der Waals surface area contributed by atoms with Crippen LogP contribution < -0.4 is 19.8 Å². The maximum Gasteiger partial charge on any atom is 0.338 e. The Morgan fingerprint density at radius 1 is 1.31 bits per heavy atom. The van der Waals surface area contributed by atoms with E-state index in [2.05, 4.69) is 27.8 Å². The number of esters is 1. The highest BCUT2D eigenvalue weighted by molar-refractivity contribution is 9.10. The molecule has 36 heavy (non-hydrogen) atoms. The van der Waals surface area contributed by atoms with Gasteiger partial charge in [-0.2, -0.15) is 0 Å². The van der Waals surface area contributed by atoms with Crippen molar-refractivity contribution in [1.82, 2.24) is 4.57 Å². The molecule has 0 N–H and O–H groups in total. The Hall–Kier alpha value is -2.43. The quantitative estimate of drug-likeness (QED) is 0.363. The zero-order valence-corrected chi connectivity index (χ0v) is 23.5. The molecule has 5 rings (SSSR count). The van der Waals surface area contributed by atoms with E-state index in [0.29, 0.717) is 32.8 Å². The minimum absolute atomic E-state index is 0.193. The van der Waals surface area contributed by atoms with E-state index in [9.17, 15) is 9.59 Å². The number of fused-ring (bicyclic) bond motifs is 1. The molecule has 1 atom stereocenters. The van der Waals surface area contributed by atoms with Crippen LogP contribution in [0.4, 0.5) is 5.88 Å². The lowest BCUT2D eigenvalue weighted by Crippen LogP contribution is -2.39. The van der Waals surface area contributed by atoms with Gasteiger partial charge in [0, 0.05) is 30.1 Å². The van der Waals surface area contributed by atoms with Crippen LogP contribution in [0.1, 0.15) is 62.6 Å². The lowest BCUT2D eigenvalue weighted by molar-refractivity contribution is -0.139. The number of furan rings is 1. The largest absolute Gasteiger partial charge is 0.463 e. The Morgan fingerprint density at radius 3 is 2.81 bits per heavy atom. The average molecular weight is 591 g/mol. The third-order valence-electron chi connectivity index (χ3n) is 6.31. The van der Waals surface area contributed by atoms with E-state index in [1.807, 2.05) is 23.6 Å². The second-order valence-corrected chi connectivity index (χ2v) is 11.6. The number of anilines is 1. The number of hydrogen-bond acceptors (Lipinski definition) is 8. The second kappa shape index (κ2) is 10.9. The normalized spacial score (nSPS) is 18.4. The summed E-state index contributed by atoms with van der Waals surface area (Å²) in [5.74, 6) is 0.998. The minimum Gasteiger partial charge on any atom is -0.463 e. The maximum absolute atomic E-state index is 13.8. The molecule has 0 radical (unpaired) electrons. The first-order valence-corrected chi connectivity index (χ1v) is 14.8. The van der Waals surface area contributed by atoms with Gasteiger partial charge in [-0.15, -0.1) is 11.3 Å². The van der Waals surface area contributed by atoms with E-state index in [4.69, 9.17) is 14.1 Å². The van der Waals surface area contributed by atoms with Gasteiger partial charge in [-0.3, -0.25) is 9.36 Å². The number of thiophene rings is 1. The zero-order valence-electron chi connectivity index (χ0n) is 20.3. The van der Waals surface area contributed by atoms with Crippen molar-refractivity contribution in [3.05, 3.63) is 69.6 Å². The van der Waals surface area contributed by atoms with Crippen LogP contribution in [0, 0.1) is 0 Å². The molecule has 0 unspecified atom stereocenters. The molecule has 10 heteroatoms. The summed E-state index contributed by atoms with van der Waals surface area (Å²) in [5.41, 5.74) is 0.949. The first-order chi connectivity index (χ1) is 17.5. The molecule has 0 spiro atoms. The molecule has 0 bridgehead atoms. The van der Waals surface area contributed by atoms with Crippen LogP contribution in [0.15, 0.2) is 53.5 Å². The molecular formula is C26H28BrN3O4S2. The molecule has 0 aliphatic carbocycles. The molecule has 3 aromatic rings. The summed E-state index contributed by atoms with van der Waals surface area (Å²) in [6.45, 7) is 6.02. The van der Waals surface area contributed by atoms with Crippen LogP contribution in [-0.2, 0) is 9.53 Å². The Morgan fingerprint density at radius 2 is 2.11 bits per heavy atom. The van der Waals surface area contributed by atoms with E-state index in [1.54, 1.807) is 17.6 Å². The first-order valence-electron chi connectivity index (χ1n) is 12.3. The Labute approximate surface area is 225 Å². The molecule has 0 amide bonds. The summed E-state index contributed by atoms with van der Waals surface area (Å²) in [7, 11) is 0. The van der Waals surface area contributed by atoms with Crippen molar-refractivity contribution in [2.75, 3.05) is 24.6 Å². The lowest BCUT2D eigenvalue weighted by Gasteiger charge is -2.26. The third-order valence-corrected chi connectivity index (χ3v) is 8.79.